The molecule has 2 aliphatic heterocycles. The van der Waals surface area contributed by atoms with E-state index in [2.05, 4.69) is 10.2 Å². The van der Waals surface area contributed by atoms with Crippen LogP contribution in [-0.4, -0.2) is 54.3 Å². The molecule has 2 fully saturated rings. The Kier molecular flexibility index (Phi) is 7.93. The first-order valence-electron chi connectivity index (χ1n) is 12.4. The molecule has 2 atom stereocenters. The van der Waals surface area contributed by atoms with Gasteiger partial charge in [0, 0.05) is 30.9 Å². The quantitative estimate of drug-likeness (QED) is 0.537. The Morgan fingerprint density at radius 3 is 2.61 bits per heavy atom. The number of likely N-dealkylation sites (tertiary alicyclic amines) is 1. The van der Waals surface area contributed by atoms with Crippen molar-refractivity contribution in [3.8, 4) is 5.75 Å². The van der Waals surface area contributed by atoms with Gasteiger partial charge in [-0.25, -0.2) is 9.18 Å². The van der Waals surface area contributed by atoms with Gasteiger partial charge in [-0.1, -0.05) is 17.7 Å². The van der Waals surface area contributed by atoms with Crippen LogP contribution >= 0.6 is 11.6 Å². The van der Waals surface area contributed by atoms with E-state index in [0.717, 1.165) is 31.5 Å². The molecule has 0 aromatic heterocycles. The lowest BCUT2D eigenvalue weighted by Gasteiger charge is -2.35. The molecule has 2 aliphatic rings. The molecular formula is C27H33ClFN3O4. The van der Waals surface area contributed by atoms with Gasteiger partial charge >= 0.3 is 6.09 Å². The molecule has 2 aromatic rings. The highest BCUT2D eigenvalue weighted by Crippen LogP contribution is 2.31. The lowest BCUT2D eigenvalue weighted by Crippen LogP contribution is -2.51. The zero-order valence-corrected chi connectivity index (χ0v) is 21.7. The van der Waals surface area contributed by atoms with E-state index in [9.17, 15) is 14.0 Å². The first-order valence-corrected chi connectivity index (χ1v) is 12.7. The molecule has 0 aliphatic carbocycles. The third kappa shape index (κ3) is 6.60. The fourth-order valence-corrected chi connectivity index (χ4v) is 4.78. The van der Waals surface area contributed by atoms with E-state index in [1.54, 1.807) is 45.0 Å². The molecule has 9 heteroatoms. The second-order valence-electron chi connectivity index (χ2n) is 10.3. The zero-order chi connectivity index (χ0) is 25.9. The Bertz CT molecular complexity index is 1110. The van der Waals surface area contributed by atoms with Gasteiger partial charge < -0.3 is 19.7 Å². The van der Waals surface area contributed by atoms with E-state index in [4.69, 9.17) is 21.1 Å². The van der Waals surface area contributed by atoms with Crippen LogP contribution < -0.4 is 15.0 Å². The summed E-state index contributed by atoms with van der Waals surface area (Å²) in [5.41, 5.74) is 0.722. The topological polar surface area (TPSA) is 71.1 Å². The molecule has 0 bridgehead atoms. The van der Waals surface area contributed by atoms with Gasteiger partial charge in [0.15, 0.2) is 0 Å². The number of hydrogen-bond donors (Lipinski definition) is 1. The maximum Gasteiger partial charge on any atom is 0.410 e. The van der Waals surface area contributed by atoms with E-state index >= 15 is 0 Å². The molecule has 0 saturated carbocycles. The van der Waals surface area contributed by atoms with Crippen LogP contribution in [0.2, 0.25) is 5.02 Å². The Hall–Kier alpha value is -3.00. The second-order valence-corrected chi connectivity index (χ2v) is 10.7. The first kappa shape index (κ1) is 26.1. The van der Waals surface area contributed by atoms with Crippen molar-refractivity contribution >= 4 is 35.0 Å². The van der Waals surface area contributed by atoms with Crippen LogP contribution in [0.5, 0.6) is 5.75 Å². The highest BCUT2D eigenvalue weighted by atomic mass is 35.5. The number of anilines is 2. The van der Waals surface area contributed by atoms with E-state index < -0.39 is 17.7 Å². The van der Waals surface area contributed by atoms with Crippen LogP contribution in [0.1, 0.15) is 46.5 Å². The van der Waals surface area contributed by atoms with Crippen LogP contribution in [0.4, 0.5) is 20.6 Å². The molecule has 0 radical (unpaired) electrons. The molecule has 36 heavy (non-hydrogen) atoms. The van der Waals surface area contributed by atoms with Gasteiger partial charge in [-0.3, -0.25) is 9.69 Å². The van der Waals surface area contributed by atoms with Gasteiger partial charge in [0.1, 0.15) is 29.3 Å². The molecular weight excluding hydrogens is 485 g/mol. The molecule has 2 saturated heterocycles. The summed E-state index contributed by atoms with van der Waals surface area (Å²) in [4.78, 5) is 29.3. The van der Waals surface area contributed by atoms with Crippen molar-refractivity contribution in [1.82, 2.24) is 4.90 Å². The third-order valence-corrected chi connectivity index (χ3v) is 6.54. The summed E-state index contributed by atoms with van der Waals surface area (Å²) in [6, 6.07) is 11.0. The van der Waals surface area contributed by atoms with Crippen LogP contribution in [-0.2, 0) is 9.53 Å². The molecule has 0 unspecified atom stereocenters. The molecule has 2 amide bonds. The van der Waals surface area contributed by atoms with Crippen molar-refractivity contribution in [1.29, 1.82) is 0 Å². The minimum absolute atomic E-state index is 0.0872. The summed E-state index contributed by atoms with van der Waals surface area (Å²) in [6.07, 6.45) is 2.48. The summed E-state index contributed by atoms with van der Waals surface area (Å²) in [7, 11) is 0. The van der Waals surface area contributed by atoms with E-state index in [0.29, 0.717) is 36.0 Å². The Morgan fingerprint density at radius 1 is 1.08 bits per heavy atom. The number of piperidine rings is 1. The standard InChI is InChI=1S/C27H33ClFN3O4/c1-27(2,3)36-26(34)32-13-5-4-9-23(32)25(33)30-19-10-11-24(22(28)16-19)35-21-12-14-31(17-21)20-8-6-7-18(29)15-20/h6-8,10-11,15-16,21,23H,4-5,9,12-14,17H2,1-3H3,(H,30,33)/t21-,23+/m0/s1. The monoisotopic (exact) mass is 517 g/mol. The smallest absolute Gasteiger partial charge is 0.410 e. The lowest BCUT2D eigenvalue weighted by atomic mass is 10.0. The van der Waals surface area contributed by atoms with Crippen molar-refractivity contribution in [2.75, 3.05) is 29.9 Å². The highest BCUT2D eigenvalue weighted by Gasteiger charge is 2.35. The van der Waals surface area contributed by atoms with Crippen molar-refractivity contribution in [3.05, 3.63) is 53.3 Å². The van der Waals surface area contributed by atoms with Crippen molar-refractivity contribution in [2.24, 2.45) is 0 Å². The number of halogens is 2. The Labute approximate surface area is 216 Å². The molecule has 2 aromatic carbocycles. The second kappa shape index (κ2) is 10.9. The summed E-state index contributed by atoms with van der Waals surface area (Å²) >= 11 is 6.48. The number of ether oxygens (including phenoxy) is 2. The summed E-state index contributed by atoms with van der Waals surface area (Å²) in [5, 5.41) is 3.26. The molecule has 1 N–H and O–H groups in total. The summed E-state index contributed by atoms with van der Waals surface area (Å²) in [5.74, 6) is -0.0133. The molecule has 7 nitrogen and oxygen atoms in total. The maximum atomic E-state index is 13.6. The highest BCUT2D eigenvalue weighted by molar-refractivity contribution is 6.32. The fourth-order valence-electron chi connectivity index (χ4n) is 4.55. The number of hydrogen-bond acceptors (Lipinski definition) is 5. The fraction of sp³-hybridized carbons (Fsp3) is 0.481. The molecule has 2 heterocycles. The summed E-state index contributed by atoms with van der Waals surface area (Å²) < 4.78 is 25.2. The molecule has 4 rings (SSSR count). The van der Waals surface area contributed by atoms with Gasteiger partial charge in [-0.05, 0) is 76.4 Å². The normalized spacial score (nSPS) is 20.2. The Morgan fingerprint density at radius 2 is 1.89 bits per heavy atom. The van der Waals surface area contributed by atoms with Crippen LogP contribution in [0.3, 0.4) is 0 Å². The number of rotatable bonds is 5. The third-order valence-electron chi connectivity index (χ3n) is 6.24. The van der Waals surface area contributed by atoms with Crippen molar-refractivity contribution in [2.45, 2.75) is 64.2 Å². The molecule has 194 valence electrons. The number of nitrogens with zero attached hydrogens (tertiary/aromatic N) is 2. The maximum absolute atomic E-state index is 13.6. The SMILES string of the molecule is CC(C)(C)OC(=O)N1CCCC[C@@H]1C(=O)Nc1ccc(O[C@H]2CCN(c3cccc(F)c3)C2)c(Cl)c1. The van der Waals surface area contributed by atoms with E-state index in [-0.39, 0.29) is 17.8 Å². The first-order chi connectivity index (χ1) is 17.1. The number of carbonyl (C=O) groups is 2. The number of benzene rings is 2. The van der Waals surface area contributed by atoms with Crippen LogP contribution in [0.25, 0.3) is 0 Å². The van der Waals surface area contributed by atoms with Crippen LogP contribution in [0, 0.1) is 5.82 Å². The van der Waals surface area contributed by atoms with Crippen molar-refractivity contribution in [3.63, 3.8) is 0 Å². The predicted octanol–water partition coefficient (Wildman–Crippen LogP) is 5.86. The summed E-state index contributed by atoms with van der Waals surface area (Å²) in [6.45, 7) is 7.28. The number of nitrogens with one attached hydrogen (secondary N) is 1. The van der Waals surface area contributed by atoms with Gasteiger partial charge in [-0.15, -0.1) is 0 Å². The Balaban J connectivity index is 1.36. The molecule has 0 spiro atoms. The number of amides is 2. The van der Waals surface area contributed by atoms with Gasteiger partial charge in [0.2, 0.25) is 5.91 Å². The van der Waals surface area contributed by atoms with Gasteiger partial charge in [-0.2, -0.15) is 0 Å². The van der Waals surface area contributed by atoms with Crippen molar-refractivity contribution < 1.29 is 23.5 Å². The zero-order valence-electron chi connectivity index (χ0n) is 20.9. The lowest BCUT2D eigenvalue weighted by molar-refractivity contribution is -0.122. The average molecular weight is 518 g/mol. The van der Waals surface area contributed by atoms with Crippen LogP contribution in [0.15, 0.2) is 42.5 Å². The number of carbonyl (C=O) groups excluding carboxylic acids is 2. The minimum atomic E-state index is -0.632. The van der Waals surface area contributed by atoms with Gasteiger partial charge in [0.25, 0.3) is 0 Å². The average Bonchev–Trinajstić information content (AvgIpc) is 3.28. The van der Waals surface area contributed by atoms with E-state index in [1.165, 1.54) is 17.0 Å². The van der Waals surface area contributed by atoms with Gasteiger partial charge in [0.05, 0.1) is 11.6 Å². The van der Waals surface area contributed by atoms with E-state index in [1.807, 2.05) is 6.07 Å². The predicted molar refractivity (Wildman–Crippen MR) is 138 cm³/mol. The largest absolute Gasteiger partial charge is 0.487 e. The minimum Gasteiger partial charge on any atom is -0.487 e.